The van der Waals surface area contributed by atoms with Gasteiger partial charge in [-0.3, -0.25) is 4.68 Å². The fourth-order valence-electron chi connectivity index (χ4n) is 2.19. The molecule has 0 radical (unpaired) electrons. The molecule has 17 heavy (non-hydrogen) atoms. The van der Waals surface area contributed by atoms with Gasteiger partial charge in [-0.05, 0) is 49.9 Å². The van der Waals surface area contributed by atoms with Gasteiger partial charge < -0.3 is 5.73 Å². The highest BCUT2D eigenvalue weighted by Gasteiger charge is 2.15. The number of nitrogens with two attached hydrogens (primary N) is 1. The third-order valence-electron chi connectivity index (χ3n) is 3.69. The van der Waals surface area contributed by atoms with Gasteiger partial charge in [-0.1, -0.05) is 12.1 Å². The number of benzene rings is 1. The Labute approximate surface area is 102 Å². The summed E-state index contributed by atoms with van der Waals surface area (Å²) >= 11 is 0. The molecule has 1 heterocycles. The summed E-state index contributed by atoms with van der Waals surface area (Å²) in [6.07, 6.45) is 0. The van der Waals surface area contributed by atoms with Crippen LogP contribution < -0.4 is 5.73 Å². The molecule has 0 aliphatic heterocycles. The number of hydrogen-bond acceptors (Lipinski definition) is 2. The zero-order valence-corrected chi connectivity index (χ0v) is 11.1. The van der Waals surface area contributed by atoms with Crippen molar-refractivity contribution < 1.29 is 0 Å². The zero-order chi connectivity index (χ0) is 12.7. The van der Waals surface area contributed by atoms with Crippen molar-refractivity contribution in [2.24, 2.45) is 7.05 Å². The summed E-state index contributed by atoms with van der Waals surface area (Å²) in [5.41, 5.74) is 13.3. The average Bonchev–Trinajstić information content (AvgIpc) is 2.52. The molecule has 0 saturated heterocycles. The van der Waals surface area contributed by atoms with Crippen LogP contribution in [-0.2, 0) is 7.05 Å². The van der Waals surface area contributed by atoms with Crippen molar-refractivity contribution in [3.8, 4) is 11.1 Å². The van der Waals surface area contributed by atoms with Crippen LogP contribution in [0.5, 0.6) is 0 Å². The third-order valence-corrected chi connectivity index (χ3v) is 3.69. The fraction of sp³-hybridized carbons (Fsp3) is 0.357. The van der Waals surface area contributed by atoms with Crippen molar-refractivity contribution in [3.63, 3.8) is 0 Å². The van der Waals surface area contributed by atoms with E-state index in [1.807, 2.05) is 18.7 Å². The minimum Gasteiger partial charge on any atom is -0.382 e. The molecule has 0 aliphatic carbocycles. The van der Waals surface area contributed by atoms with Crippen molar-refractivity contribution in [2.45, 2.75) is 27.7 Å². The van der Waals surface area contributed by atoms with E-state index in [4.69, 9.17) is 5.73 Å². The first-order valence-corrected chi connectivity index (χ1v) is 5.79. The summed E-state index contributed by atoms with van der Waals surface area (Å²) < 4.78 is 1.83. The van der Waals surface area contributed by atoms with Gasteiger partial charge in [0.25, 0.3) is 0 Å². The fourth-order valence-corrected chi connectivity index (χ4v) is 2.19. The quantitative estimate of drug-likeness (QED) is 0.817. The first kappa shape index (κ1) is 11.7. The molecular formula is C14H19N3. The largest absolute Gasteiger partial charge is 0.382 e. The molecule has 0 spiro atoms. The Morgan fingerprint density at radius 3 is 2.24 bits per heavy atom. The number of hydrogen-bond donors (Lipinski definition) is 1. The summed E-state index contributed by atoms with van der Waals surface area (Å²) in [7, 11) is 1.92. The van der Waals surface area contributed by atoms with Crippen LogP contribution in [0.25, 0.3) is 11.1 Å². The normalized spacial score (nSPS) is 10.9. The lowest BCUT2D eigenvalue weighted by atomic mass is 9.94. The van der Waals surface area contributed by atoms with Gasteiger partial charge in [-0.15, -0.1) is 0 Å². The van der Waals surface area contributed by atoms with E-state index in [0.29, 0.717) is 5.82 Å². The smallest absolute Gasteiger partial charge is 0.153 e. The molecule has 0 unspecified atom stereocenters. The topological polar surface area (TPSA) is 43.8 Å². The molecule has 0 saturated carbocycles. The maximum absolute atomic E-state index is 6.00. The van der Waals surface area contributed by atoms with E-state index in [2.05, 4.69) is 38.0 Å². The van der Waals surface area contributed by atoms with Gasteiger partial charge in [0.15, 0.2) is 5.82 Å². The first-order chi connectivity index (χ1) is 7.93. The number of aryl methyl sites for hydroxylation is 2. The number of anilines is 1. The maximum atomic E-state index is 6.00. The van der Waals surface area contributed by atoms with E-state index in [1.54, 1.807) is 0 Å². The molecule has 2 aromatic rings. The highest BCUT2D eigenvalue weighted by Crippen LogP contribution is 2.33. The Bertz CT molecular complexity index is 580. The Balaban J connectivity index is 2.73. The molecule has 3 heteroatoms. The van der Waals surface area contributed by atoms with E-state index in [-0.39, 0.29) is 0 Å². The predicted octanol–water partition coefficient (Wildman–Crippen LogP) is 2.90. The van der Waals surface area contributed by atoms with Crippen LogP contribution in [0.1, 0.15) is 22.4 Å². The summed E-state index contributed by atoms with van der Waals surface area (Å²) in [6, 6.07) is 4.28. The zero-order valence-electron chi connectivity index (χ0n) is 11.1. The molecule has 1 aromatic carbocycles. The molecule has 1 aromatic heterocycles. The van der Waals surface area contributed by atoms with Crippen LogP contribution in [0.3, 0.4) is 0 Å². The minimum atomic E-state index is 0.608. The molecule has 0 aliphatic rings. The molecule has 0 atom stereocenters. The van der Waals surface area contributed by atoms with Gasteiger partial charge in [0.05, 0.1) is 0 Å². The predicted molar refractivity (Wildman–Crippen MR) is 72.0 cm³/mol. The van der Waals surface area contributed by atoms with Crippen LogP contribution in [0.15, 0.2) is 12.1 Å². The highest BCUT2D eigenvalue weighted by molar-refractivity contribution is 5.79. The Kier molecular flexibility index (Phi) is 2.69. The molecule has 0 bridgehead atoms. The minimum absolute atomic E-state index is 0.608. The van der Waals surface area contributed by atoms with Crippen LogP contribution in [-0.4, -0.2) is 9.78 Å². The second kappa shape index (κ2) is 3.91. The van der Waals surface area contributed by atoms with E-state index in [0.717, 1.165) is 11.3 Å². The molecule has 0 amide bonds. The van der Waals surface area contributed by atoms with Crippen LogP contribution >= 0.6 is 0 Å². The average molecular weight is 229 g/mol. The monoisotopic (exact) mass is 229 g/mol. The SMILES string of the molecule is Cc1ccc(-c2c(N)nn(C)c2C)c(C)c1C. The summed E-state index contributed by atoms with van der Waals surface area (Å²) in [4.78, 5) is 0. The van der Waals surface area contributed by atoms with Gasteiger partial charge in [0, 0.05) is 18.3 Å². The van der Waals surface area contributed by atoms with Crippen molar-refractivity contribution in [3.05, 3.63) is 34.5 Å². The molecule has 2 N–H and O–H groups in total. The van der Waals surface area contributed by atoms with Gasteiger partial charge in [-0.25, -0.2) is 0 Å². The molecule has 3 nitrogen and oxygen atoms in total. The van der Waals surface area contributed by atoms with E-state index in [9.17, 15) is 0 Å². The van der Waals surface area contributed by atoms with E-state index >= 15 is 0 Å². The van der Waals surface area contributed by atoms with Gasteiger partial charge in [-0.2, -0.15) is 5.10 Å². The third kappa shape index (κ3) is 1.71. The lowest BCUT2D eigenvalue weighted by Gasteiger charge is -2.11. The summed E-state index contributed by atoms with van der Waals surface area (Å²) in [6.45, 7) is 8.47. The second-order valence-corrected chi connectivity index (χ2v) is 4.65. The van der Waals surface area contributed by atoms with Crippen molar-refractivity contribution in [2.75, 3.05) is 5.73 Å². The van der Waals surface area contributed by atoms with Gasteiger partial charge in [0.1, 0.15) is 0 Å². The second-order valence-electron chi connectivity index (χ2n) is 4.65. The molecule has 90 valence electrons. The Morgan fingerprint density at radius 1 is 1.06 bits per heavy atom. The van der Waals surface area contributed by atoms with Crippen LogP contribution in [0.4, 0.5) is 5.82 Å². The van der Waals surface area contributed by atoms with Gasteiger partial charge in [0.2, 0.25) is 0 Å². The summed E-state index contributed by atoms with van der Waals surface area (Å²) in [5, 5.41) is 4.27. The van der Waals surface area contributed by atoms with Crippen LogP contribution in [0.2, 0.25) is 0 Å². The first-order valence-electron chi connectivity index (χ1n) is 5.79. The van der Waals surface area contributed by atoms with Gasteiger partial charge >= 0.3 is 0 Å². The van der Waals surface area contributed by atoms with Crippen molar-refractivity contribution in [1.29, 1.82) is 0 Å². The summed E-state index contributed by atoms with van der Waals surface area (Å²) in [5.74, 6) is 0.608. The molecular weight excluding hydrogens is 210 g/mol. The molecule has 0 fully saturated rings. The Morgan fingerprint density at radius 2 is 1.71 bits per heavy atom. The maximum Gasteiger partial charge on any atom is 0.153 e. The lowest BCUT2D eigenvalue weighted by Crippen LogP contribution is -1.95. The standard InChI is InChI=1S/C14H19N3/c1-8-6-7-12(10(3)9(8)2)13-11(4)17(5)16-14(13)15/h6-7H,1-5H3,(H2,15,16). The van der Waals surface area contributed by atoms with Crippen molar-refractivity contribution >= 4 is 5.82 Å². The lowest BCUT2D eigenvalue weighted by molar-refractivity contribution is 0.744. The number of rotatable bonds is 1. The van der Waals surface area contributed by atoms with E-state index < -0.39 is 0 Å². The highest BCUT2D eigenvalue weighted by atomic mass is 15.3. The molecule has 2 rings (SSSR count). The number of nitrogen functional groups attached to an aromatic ring is 1. The van der Waals surface area contributed by atoms with Crippen LogP contribution in [0, 0.1) is 27.7 Å². The number of aromatic nitrogens is 2. The Hall–Kier alpha value is -1.77. The van der Waals surface area contributed by atoms with Crippen molar-refractivity contribution in [1.82, 2.24) is 9.78 Å². The van der Waals surface area contributed by atoms with E-state index in [1.165, 1.54) is 22.3 Å². The number of nitrogens with zero attached hydrogens (tertiary/aromatic N) is 2.